The van der Waals surface area contributed by atoms with E-state index in [1.54, 1.807) is 18.6 Å². The molecule has 29 heavy (non-hydrogen) atoms. The van der Waals surface area contributed by atoms with Crippen LogP contribution in [0.2, 0.25) is 0 Å². The first-order valence-corrected chi connectivity index (χ1v) is 9.45. The third-order valence-corrected chi connectivity index (χ3v) is 4.32. The van der Waals surface area contributed by atoms with Gasteiger partial charge in [0.1, 0.15) is 17.4 Å². The van der Waals surface area contributed by atoms with E-state index in [2.05, 4.69) is 32.2 Å². The lowest BCUT2D eigenvalue weighted by Gasteiger charge is -2.12. The number of benzene rings is 1. The Bertz CT molecular complexity index is 1120. The van der Waals surface area contributed by atoms with Crippen molar-refractivity contribution >= 4 is 22.4 Å². The number of rotatable bonds is 7. The maximum Gasteiger partial charge on any atom is 0.163 e. The van der Waals surface area contributed by atoms with Crippen LogP contribution in [0.25, 0.3) is 22.3 Å². The number of halogens is 1. The van der Waals surface area contributed by atoms with Gasteiger partial charge >= 0.3 is 0 Å². The minimum absolute atomic E-state index is 0.426. The maximum absolute atomic E-state index is 13.6. The second-order valence-electron chi connectivity index (χ2n) is 6.54. The quantitative estimate of drug-likeness (QED) is 0.441. The summed E-state index contributed by atoms with van der Waals surface area (Å²) in [7, 11) is 0. The predicted octanol–water partition coefficient (Wildman–Crippen LogP) is 5.15. The molecule has 0 radical (unpaired) electrons. The van der Waals surface area contributed by atoms with Crippen LogP contribution in [0.3, 0.4) is 0 Å². The zero-order chi connectivity index (χ0) is 20.1. The molecule has 0 spiro atoms. The van der Waals surface area contributed by atoms with Crippen LogP contribution in [-0.2, 0) is 0 Å². The molecular formula is C22H20FN5O. The number of aromatic nitrogens is 4. The summed E-state index contributed by atoms with van der Waals surface area (Å²) in [6.07, 6.45) is 8.14. The molecule has 3 aromatic heterocycles. The number of nitrogens with one attached hydrogen (secondary N) is 1. The molecule has 3 heterocycles. The van der Waals surface area contributed by atoms with E-state index in [1.807, 2.05) is 30.3 Å². The third kappa shape index (κ3) is 4.45. The average molecular weight is 389 g/mol. The summed E-state index contributed by atoms with van der Waals surface area (Å²) in [5, 5.41) is 3.94. The fourth-order valence-electron chi connectivity index (χ4n) is 2.87. The highest BCUT2D eigenvalue weighted by molar-refractivity contribution is 5.93. The molecule has 1 aromatic carbocycles. The Morgan fingerprint density at radius 1 is 1.03 bits per heavy atom. The van der Waals surface area contributed by atoms with Gasteiger partial charge in [-0.3, -0.25) is 9.97 Å². The first-order chi connectivity index (χ1) is 14.2. The van der Waals surface area contributed by atoms with Gasteiger partial charge in [-0.25, -0.2) is 14.4 Å². The van der Waals surface area contributed by atoms with Crippen LogP contribution in [0, 0.1) is 5.82 Å². The molecule has 7 heteroatoms. The fourth-order valence-corrected chi connectivity index (χ4v) is 2.87. The van der Waals surface area contributed by atoms with E-state index in [1.165, 1.54) is 6.07 Å². The molecule has 146 valence electrons. The third-order valence-electron chi connectivity index (χ3n) is 4.32. The number of fused-ring (bicyclic) bond motifs is 1. The second kappa shape index (κ2) is 8.60. The van der Waals surface area contributed by atoms with E-state index >= 15 is 0 Å². The number of hydrogen-bond acceptors (Lipinski definition) is 6. The average Bonchev–Trinajstić information content (AvgIpc) is 2.75. The molecule has 0 saturated carbocycles. The zero-order valence-corrected chi connectivity index (χ0v) is 16.0. The van der Waals surface area contributed by atoms with Crippen LogP contribution in [0.15, 0.2) is 61.2 Å². The number of pyridine rings is 2. The summed E-state index contributed by atoms with van der Waals surface area (Å²) in [5.74, 6) is 1.38. The molecule has 4 rings (SSSR count). The molecule has 0 fully saturated rings. The molecule has 0 aliphatic rings. The van der Waals surface area contributed by atoms with Crippen LogP contribution in [0.1, 0.15) is 19.8 Å². The Morgan fingerprint density at radius 3 is 2.76 bits per heavy atom. The lowest BCUT2D eigenvalue weighted by molar-refractivity contribution is 0.310. The minimum Gasteiger partial charge on any atom is -0.494 e. The van der Waals surface area contributed by atoms with Gasteiger partial charge in [-0.15, -0.1) is 0 Å². The number of nitrogens with zero attached hydrogens (tertiary/aromatic N) is 4. The number of unbranched alkanes of at least 4 members (excludes halogenated alkanes) is 1. The van der Waals surface area contributed by atoms with Crippen molar-refractivity contribution in [1.82, 2.24) is 19.9 Å². The summed E-state index contributed by atoms with van der Waals surface area (Å²) < 4.78 is 19.4. The molecule has 0 aliphatic carbocycles. The summed E-state index contributed by atoms with van der Waals surface area (Å²) in [4.78, 5) is 17.4. The van der Waals surface area contributed by atoms with Crippen molar-refractivity contribution in [3.05, 3.63) is 67.0 Å². The molecule has 0 unspecified atom stereocenters. The Kier molecular flexibility index (Phi) is 5.56. The highest BCUT2D eigenvalue weighted by atomic mass is 19.1. The van der Waals surface area contributed by atoms with Crippen molar-refractivity contribution in [3.8, 4) is 17.1 Å². The minimum atomic E-state index is -0.426. The topological polar surface area (TPSA) is 72.8 Å². The molecule has 0 bridgehead atoms. The number of anilines is 2. The van der Waals surface area contributed by atoms with Crippen LogP contribution in [-0.4, -0.2) is 26.5 Å². The van der Waals surface area contributed by atoms with E-state index in [0.29, 0.717) is 23.9 Å². The maximum atomic E-state index is 13.6. The molecular weight excluding hydrogens is 369 g/mol. The fraction of sp³-hybridized carbons (Fsp3) is 0.182. The van der Waals surface area contributed by atoms with Gasteiger partial charge in [-0.05, 0) is 36.8 Å². The van der Waals surface area contributed by atoms with E-state index in [0.717, 1.165) is 41.3 Å². The van der Waals surface area contributed by atoms with Crippen molar-refractivity contribution in [2.45, 2.75) is 19.8 Å². The van der Waals surface area contributed by atoms with Gasteiger partial charge in [0.2, 0.25) is 0 Å². The summed E-state index contributed by atoms with van der Waals surface area (Å²) >= 11 is 0. The van der Waals surface area contributed by atoms with Gasteiger partial charge < -0.3 is 10.1 Å². The van der Waals surface area contributed by atoms with E-state index in [-0.39, 0.29) is 0 Å². The van der Waals surface area contributed by atoms with Crippen molar-refractivity contribution in [2.75, 3.05) is 11.9 Å². The van der Waals surface area contributed by atoms with Gasteiger partial charge in [-0.1, -0.05) is 13.3 Å². The van der Waals surface area contributed by atoms with Crippen LogP contribution in [0.5, 0.6) is 5.75 Å². The van der Waals surface area contributed by atoms with E-state index in [9.17, 15) is 4.39 Å². The predicted molar refractivity (Wildman–Crippen MR) is 111 cm³/mol. The van der Waals surface area contributed by atoms with Gasteiger partial charge in [0.15, 0.2) is 5.82 Å². The SMILES string of the molecule is CCCCOc1ccc2nc(-c3cccnc3)nc(Nc3cncc(F)c3)c2c1. The highest BCUT2D eigenvalue weighted by Gasteiger charge is 2.12. The molecule has 0 atom stereocenters. The van der Waals surface area contributed by atoms with Gasteiger partial charge in [0, 0.05) is 29.4 Å². The Morgan fingerprint density at radius 2 is 1.97 bits per heavy atom. The standard InChI is InChI=1S/C22H20FN5O/c1-2-3-9-29-18-6-7-20-19(11-18)22(26-17-10-16(23)13-25-14-17)28-21(27-20)15-5-4-8-24-12-15/h4-8,10-14H,2-3,9H2,1H3,(H,26,27,28). The van der Waals surface area contributed by atoms with Crippen LogP contribution in [0.4, 0.5) is 15.9 Å². The molecule has 6 nitrogen and oxygen atoms in total. The number of ether oxygens (including phenoxy) is 1. The summed E-state index contributed by atoms with van der Waals surface area (Å²) in [6.45, 7) is 2.76. The molecule has 0 amide bonds. The smallest absolute Gasteiger partial charge is 0.163 e. The van der Waals surface area contributed by atoms with Crippen molar-refractivity contribution < 1.29 is 9.13 Å². The second-order valence-corrected chi connectivity index (χ2v) is 6.54. The van der Waals surface area contributed by atoms with Crippen molar-refractivity contribution in [3.63, 3.8) is 0 Å². The highest BCUT2D eigenvalue weighted by Crippen LogP contribution is 2.30. The molecule has 4 aromatic rings. The van der Waals surface area contributed by atoms with E-state index < -0.39 is 5.82 Å². The first-order valence-electron chi connectivity index (χ1n) is 9.45. The monoisotopic (exact) mass is 389 g/mol. The van der Waals surface area contributed by atoms with Gasteiger partial charge in [0.05, 0.1) is 30.2 Å². The summed E-state index contributed by atoms with van der Waals surface area (Å²) in [5.41, 5.74) is 2.03. The van der Waals surface area contributed by atoms with Gasteiger partial charge in [-0.2, -0.15) is 0 Å². The van der Waals surface area contributed by atoms with Crippen molar-refractivity contribution in [2.24, 2.45) is 0 Å². The molecule has 0 saturated heterocycles. The number of hydrogen-bond donors (Lipinski definition) is 1. The lowest BCUT2D eigenvalue weighted by Crippen LogP contribution is -2.01. The summed E-state index contributed by atoms with van der Waals surface area (Å²) in [6, 6.07) is 10.8. The molecule has 1 N–H and O–H groups in total. The molecule has 0 aliphatic heterocycles. The zero-order valence-electron chi connectivity index (χ0n) is 16.0. The Labute approximate surface area is 167 Å². The van der Waals surface area contributed by atoms with Crippen LogP contribution < -0.4 is 10.1 Å². The van der Waals surface area contributed by atoms with Crippen LogP contribution >= 0.6 is 0 Å². The van der Waals surface area contributed by atoms with E-state index in [4.69, 9.17) is 4.74 Å². The lowest BCUT2D eigenvalue weighted by atomic mass is 10.2. The Hall–Kier alpha value is -3.61. The Balaban J connectivity index is 1.79. The van der Waals surface area contributed by atoms with Gasteiger partial charge in [0.25, 0.3) is 0 Å². The van der Waals surface area contributed by atoms with Crippen molar-refractivity contribution in [1.29, 1.82) is 0 Å². The normalized spacial score (nSPS) is 10.8. The first kappa shape index (κ1) is 18.7. The largest absolute Gasteiger partial charge is 0.494 e.